The maximum atomic E-state index is 12.0. The van der Waals surface area contributed by atoms with E-state index in [0.29, 0.717) is 22.4 Å². The molecule has 0 fully saturated rings. The van der Waals surface area contributed by atoms with E-state index >= 15 is 0 Å². The number of hydrogen-bond donors (Lipinski definition) is 2. The van der Waals surface area contributed by atoms with Gasteiger partial charge in [0.25, 0.3) is 5.56 Å². The fraction of sp³-hybridized carbons (Fsp3) is 0.182. The van der Waals surface area contributed by atoms with Crippen LogP contribution in [0.4, 0.5) is 5.69 Å². The average Bonchev–Trinajstić information content (AvgIpc) is 2.25. The predicted molar refractivity (Wildman–Crippen MR) is 62.8 cm³/mol. The van der Waals surface area contributed by atoms with E-state index in [4.69, 9.17) is 10.8 Å². The van der Waals surface area contributed by atoms with Crippen LogP contribution in [0, 0.1) is 6.92 Å². The van der Waals surface area contributed by atoms with Crippen molar-refractivity contribution in [2.75, 3.05) is 5.73 Å². The minimum absolute atomic E-state index is 0.330. The molecule has 1 heterocycles. The molecule has 88 valence electrons. The van der Waals surface area contributed by atoms with Crippen molar-refractivity contribution in [3.8, 4) is 0 Å². The van der Waals surface area contributed by atoms with Gasteiger partial charge in [-0.25, -0.2) is 4.98 Å². The highest BCUT2D eigenvalue weighted by Crippen LogP contribution is 2.12. The third-order valence-electron chi connectivity index (χ3n) is 2.46. The molecule has 0 aliphatic rings. The number of carboxylic acids is 1. The van der Waals surface area contributed by atoms with E-state index in [1.807, 2.05) is 0 Å². The van der Waals surface area contributed by atoms with Gasteiger partial charge in [-0.15, -0.1) is 0 Å². The largest absolute Gasteiger partial charge is 0.480 e. The summed E-state index contributed by atoms with van der Waals surface area (Å²) in [5.41, 5.74) is 6.17. The summed E-state index contributed by atoms with van der Waals surface area (Å²) >= 11 is 0. The average molecular weight is 233 g/mol. The molecule has 0 unspecified atom stereocenters. The standard InChI is InChI=1S/C11H11N3O3/c1-6-13-9-3-2-7(12)4-8(9)11(17)14(6)5-10(15)16/h2-4H,5,12H2,1H3,(H,15,16). The van der Waals surface area contributed by atoms with Crippen molar-refractivity contribution in [3.63, 3.8) is 0 Å². The molecule has 0 bridgehead atoms. The topological polar surface area (TPSA) is 98.2 Å². The number of carbonyl (C=O) groups is 1. The van der Waals surface area contributed by atoms with Crippen molar-refractivity contribution >= 4 is 22.6 Å². The van der Waals surface area contributed by atoms with Gasteiger partial charge in [-0.2, -0.15) is 0 Å². The zero-order valence-electron chi connectivity index (χ0n) is 9.17. The quantitative estimate of drug-likeness (QED) is 0.730. The Bertz CT molecular complexity index is 661. The number of benzene rings is 1. The fourth-order valence-corrected chi connectivity index (χ4v) is 1.67. The van der Waals surface area contributed by atoms with Crippen LogP contribution < -0.4 is 11.3 Å². The summed E-state index contributed by atoms with van der Waals surface area (Å²) in [6.07, 6.45) is 0. The first-order chi connectivity index (χ1) is 7.99. The van der Waals surface area contributed by atoms with Crippen molar-refractivity contribution in [1.82, 2.24) is 9.55 Å². The lowest BCUT2D eigenvalue weighted by atomic mass is 10.2. The van der Waals surface area contributed by atoms with Crippen LogP contribution in [0.25, 0.3) is 10.9 Å². The van der Waals surface area contributed by atoms with Crippen LogP contribution >= 0.6 is 0 Å². The van der Waals surface area contributed by atoms with E-state index in [9.17, 15) is 9.59 Å². The maximum absolute atomic E-state index is 12.0. The molecule has 1 aromatic carbocycles. The Balaban J connectivity index is 2.78. The molecule has 3 N–H and O–H groups in total. The number of carboxylic acid groups (broad SMARTS) is 1. The minimum atomic E-state index is -1.08. The predicted octanol–water partition coefficient (Wildman–Crippen LogP) is 0.372. The summed E-state index contributed by atoms with van der Waals surface area (Å²) in [6.45, 7) is 1.20. The number of nitrogen functional groups attached to an aromatic ring is 1. The van der Waals surface area contributed by atoms with Gasteiger partial charge in [0.2, 0.25) is 0 Å². The van der Waals surface area contributed by atoms with Crippen molar-refractivity contribution in [2.45, 2.75) is 13.5 Å². The van der Waals surface area contributed by atoms with Crippen LogP contribution in [-0.4, -0.2) is 20.6 Å². The second kappa shape index (κ2) is 3.89. The van der Waals surface area contributed by atoms with Gasteiger partial charge in [-0.3, -0.25) is 14.2 Å². The van der Waals surface area contributed by atoms with Gasteiger partial charge in [-0.05, 0) is 25.1 Å². The molecule has 0 radical (unpaired) electrons. The molecular formula is C11H11N3O3. The minimum Gasteiger partial charge on any atom is -0.480 e. The van der Waals surface area contributed by atoms with Gasteiger partial charge in [0.15, 0.2) is 0 Å². The van der Waals surface area contributed by atoms with Gasteiger partial charge in [0.05, 0.1) is 10.9 Å². The number of fused-ring (bicyclic) bond motifs is 1. The molecule has 2 rings (SSSR count). The molecule has 6 nitrogen and oxygen atoms in total. The molecule has 0 atom stereocenters. The number of aryl methyl sites for hydroxylation is 1. The Hall–Kier alpha value is -2.37. The number of anilines is 1. The number of rotatable bonds is 2. The summed E-state index contributed by atoms with van der Waals surface area (Å²) < 4.78 is 1.12. The Morgan fingerprint density at radius 1 is 1.53 bits per heavy atom. The monoisotopic (exact) mass is 233 g/mol. The first kappa shape index (κ1) is 11.1. The summed E-state index contributed by atoms with van der Waals surface area (Å²) in [5, 5.41) is 9.06. The van der Waals surface area contributed by atoms with Crippen molar-refractivity contribution in [2.24, 2.45) is 0 Å². The molecule has 2 aromatic rings. The first-order valence-electron chi connectivity index (χ1n) is 4.97. The van der Waals surface area contributed by atoms with Crippen LogP contribution in [0.5, 0.6) is 0 Å². The van der Waals surface area contributed by atoms with E-state index in [1.54, 1.807) is 19.1 Å². The highest BCUT2D eigenvalue weighted by molar-refractivity contribution is 5.81. The van der Waals surface area contributed by atoms with Crippen LogP contribution in [0.15, 0.2) is 23.0 Å². The van der Waals surface area contributed by atoms with Crippen LogP contribution in [-0.2, 0) is 11.3 Å². The molecule has 6 heteroatoms. The molecule has 0 saturated carbocycles. The molecule has 0 saturated heterocycles. The molecule has 0 spiro atoms. The Morgan fingerprint density at radius 3 is 2.88 bits per heavy atom. The summed E-state index contributed by atoms with van der Waals surface area (Å²) in [7, 11) is 0. The zero-order valence-corrected chi connectivity index (χ0v) is 9.17. The van der Waals surface area contributed by atoms with Gasteiger partial charge in [-0.1, -0.05) is 0 Å². The molecule has 0 amide bonds. The number of aliphatic carboxylic acids is 1. The summed E-state index contributed by atoms with van der Waals surface area (Å²) in [6, 6.07) is 4.79. The van der Waals surface area contributed by atoms with Gasteiger partial charge in [0, 0.05) is 5.69 Å². The number of nitrogens with zero attached hydrogens (tertiary/aromatic N) is 2. The van der Waals surface area contributed by atoms with E-state index in [0.717, 1.165) is 4.57 Å². The van der Waals surface area contributed by atoms with E-state index in [-0.39, 0.29) is 5.56 Å². The molecule has 1 aromatic heterocycles. The lowest BCUT2D eigenvalue weighted by Crippen LogP contribution is -2.27. The van der Waals surface area contributed by atoms with Gasteiger partial charge < -0.3 is 10.8 Å². The number of nitrogens with two attached hydrogens (primary N) is 1. The highest BCUT2D eigenvalue weighted by atomic mass is 16.4. The molecular weight excluding hydrogens is 222 g/mol. The van der Waals surface area contributed by atoms with Gasteiger partial charge >= 0.3 is 5.97 Å². The number of hydrogen-bond acceptors (Lipinski definition) is 4. The Morgan fingerprint density at radius 2 is 2.24 bits per heavy atom. The van der Waals surface area contributed by atoms with Crippen LogP contribution in [0.1, 0.15) is 5.82 Å². The van der Waals surface area contributed by atoms with Crippen molar-refractivity contribution in [3.05, 3.63) is 34.4 Å². The van der Waals surface area contributed by atoms with Gasteiger partial charge in [0.1, 0.15) is 12.4 Å². The lowest BCUT2D eigenvalue weighted by Gasteiger charge is -2.08. The van der Waals surface area contributed by atoms with E-state index < -0.39 is 12.5 Å². The smallest absolute Gasteiger partial charge is 0.323 e. The normalized spacial score (nSPS) is 10.6. The van der Waals surface area contributed by atoms with E-state index in [2.05, 4.69) is 4.98 Å². The van der Waals surface area contributed by atoms with Crippen molar-refractivity contribution < 1.29 is 9.90 Å². The molecule has 17 heavy (non-hydrogen) atoms. The zero-order chi connectivity index (χ0) is 12.6. The second-order valence-electron chi connectivity index (χ2n) is 3.72. The summed E-state index contributed by atoms with van der Waals surface area (Å²) in [5.74, 6) is -0.713. The Kier molecular flexibility index (Phi) is 2.55. The Labute approximate surface area is 96.3 Å². The molecule has 0 aliphatic heterocycles. The highest BCUT2D eigenvalue weighted by Gasteiger charge is 2.10. The van der Waals surface area contributed by atoms with Crippen molar-refractivity contribution in [1.29, 1.82) is 0 Å². The third kappa shape index (κ3) is 1.96. The number of aromatic nitrogens is 2. The third-order valence-corrected chi connectivity index (χ3v) is 2.46. The van der Waals surface area contributed by atoms with Crippen LogP contribution in [0.3, 0.4) is 0 Å². The second-order valence-corrected chi connectivity index (χ2v) is 3.72. The molecule has 0 aliphatic carbocycles. The SMILES string of the molecule is Cc1nc2ccc(N)cc2c(=O)n1CC(=O)O. The summed E-state index contributed by atoms with van der Waals surface area (Å²) in [4.78, 5) is 26.9. The van der Waals surface area contributed by atoms with E-state index in [1.165, 1.54) is 6.07 Å². The lowest BCUT2D eigenvalue weighted by molar-refractivity contribution is -0.137. The fourth-order valence-electron chi connectivity index (χ4n) is 1.67. The van der Waals surface area contributed by atoms with Crippen LogP contribution in [0.2, 0.25) is 0 Å². The first-order valence-corrected chi connectivity index (χ1v) is 4.97. The maximum Gasteiger partial charge on any atom is 0.323 e.